The number of rotatable bonds is 4. The highest BCUT2D eigenvalue weighted by Gasteiger charge is 2.35. The minimum Gasteiger partial charge on any atom is -0.479 e. The number of hydrogen-bond acceptors (Lipinski definition) is 2. The molecule has 23 heavy (non-hydrogen) atoms. The average molecular weight is 330 g/mol. The Labute approximate surface area is 141 Å². The lowest BCUT2D eigenvalue weighted by Crippen LogP contribution is -2.44. The SMILES string of the molecule is CC[C@H](Oc1ccccc1Cl)C(=O)N1c2ccccc2C[C@@H]1C. The maximum atomic E-state index is 13.0. The Bertz CT molecular complexity index is 716. The fraction of sp³-hybridized carbons (Fsp3) is 0.316. The van der Waals surface area contributed by atoms with Crippen LogP contribution in [0.3, 0.4) is 0 Å². The summed E-state index contributed by atoms with van der Waals surface area (Å²) in [6.07, 6.45) is 0.934. The first-order chi connectivity index (χ1) is 11.1. The number of carbonyl (C=O) groups is 1. The molecular weight excluding hydrogens is 310 g/mol. The van der Waals surface area contributed by atoms with E-state index >= 15 is 0 Å². The van der Waals surface area contributed by atoms with Gasteiger partial charge in [0.1, 0.15) is 5.75 Å². The second kappa shape index (κ2) is 6.63. The molecule has 3 nitrogen and oxygen atoms in total. The third kappa shape index (κ3) is 3.06. The van der Waals surface area contributed by atoms with Crippen molar-refractivity contribution in [3.05, 3.63) is 59.1 Å². The highest BCUT2D eigenvalue weighted by Crippen LogP contribution is 2.33. The van der Waals surface area contributed by atoms with Gasteiger partial charge in [0.25, 0.3) is 5.91 Å². The highest BCUT2D eigenvalue weighted by molar-refractivity contribution is 6.32. The summed E-state index contributed by atoms with van der Waals surface area (Å²) in [4.78, 5) is 14.9. The first kappa shape index (κ1) is 15.9. The van der Waals surface area contributed by atoms with E-state index in [9.17, 15) is 4.79 Å². The normalized spacial score (nSPS) is 17.7. The summed E-state index contributed by atoms with van der Waals surface area (Å²) in [5, 5.41) is 0.522. The molecule has 0 radical (unpaired) electrons. The Hall–Kier alpha value is -2.00. The molecule has 1 heterocycles. The summed E-state index contributed by atoms with van der Waals surface area (Å²) in [6.45, 7) is 4.02. The molecule has 1 aliphatic rings. The van der Waals surface area contributed by atoms with Gasteiger partial charge in [-0.2, -0.15) is 0 Å². The van der Waals surface area contributed by atoms with Crippen LogP contribution in [-0.4, -0.2) is 18.1 Å². The maximum absolute atomic E-state index is 13.0. The van der Waals surface area contributed by atoms with Crippen molar-refractivity contribution >= 4 is 23.2 Å². The van der Waals surface area contributed by atoms with Crippen molar-refractivity contribution in [2.45, 2.75) is 38.8 Å². The lowest BCUT2D eigenvalue weighted by molar-refractivity contribution is -0.125. The Morgan fingerprint density at radius 1 is 1.26 bits per heavy atom. The number of benzene rings is 2. The second-order valence-corrected chi connectivity index (χ2v) is 6.24. The Morgan fingerprint density at radius 3 is 2.70 bits per heavy atom. The summed E-state index contributed by atoms with van der Waals surface area (Å²) in [5.41, 5.74) is 2.20. The predicted molar refractivity (Wildman–Crippen MR) is 93.3 cm³/mol. The van der Waals surface area contributed by atoms with E-state index in [1.807, 2.05) is 42.2 Å². The molecular formula is C19H20ClNO2. The van der Waals surface area contributed by atoms with Gasteiger partial charge in [0, 0.05) is 11.7 Å². The van der Waals surface area contributed by atoms with Crippen LogP contribution in [0.4, 0.5) is 5.69 Å². The van der Waals surface area contributed by atoms with Crippen LogP contribution in [0.25, 0.3) is 0 Å². The fourth-order valence-electron chi connectivity index (χ4n) is 3.06. The van der Waals surface area contributed by atoms with Crippen LogP contribution in [-0.2, 0) is 11.2 Å². The lowest BCUT2D eigenvalue weighted by Gasteiger charge is -2.27. The topological polar surface area (TPSA) is 29.5 Å². The Kier molecular flexibility index (Phi) is 4.58. The number of amides is 1. The molecule has 120 valence electrons. The number of fused-ring (bicyclic) bond motifs is 1. The smallest absolute Gasteiger partial charge is 0.268 e. The van der Waals surface area contributed by atoms with Gasteiger partial charge < -0.3 is 9.64 Å². The van der Waals surface area contributed by atoms with Gasteiger partial charge in [-0.3, -0.25) is 4.79 Å². The Balaban J connectivity index is 1.85. The zero-order valence-corrected chi connectivity index (χ0v) is 14.1. The second-order valence-electron chi connectivity index (χ2n) is 5.84. The molecule has 0 saturated heterocycles. The molecule has 2 aromatic carbocycles. The molecule has 0 unspecified atom stereocenters. The van der Waals surface area contributed by atoms with Gasteiger partial charge in [0.15, 0.2) is 6.10 Å². The molecule has 0 fully saturated rings. The largest absolute Gasteiger partial charge is 0.479 e. The van der Waals surface area contributed by atoms with E-state index in [-0.39, 0.29) is 11.9 Å². The summed E-state index contributed by atoms with van der Waals surface area (Å²) in [6, 6.07) is 15.5. The van der Waals surface area contributed by atoms with Gasteiger partial charge in [-0.05, 0) is 43.5 Å². The molecule has 2 atom stereocenters. The van der Waals surface area contributed by atoms with Gasteiger partial charge in [0.2, 0.25) is 0 Å². The predicted octanol–water partition coefficient (Wildman–Crippen LogP) is 4.48. The van der Waals surface area contributed by atoms with Crippen LogP contribution in [0.15, 0.2) is 48.5 Å². The van der Waals surface area contributed by atoms with Crippen molar-refractivity contribution in [3.8, 4) is 5.75 Å². The summed E-state index contributed by atoms with van der Waals surface area (Å²) in [7, 11) is 0. The number of nitrogens with zero attached hydrogens (tertiary/aromatic N) is 1. The van der Waals surface area contributed by atoms with E-state index in [0.717, 1.165) is 12.1 Å². The number of anilines is 1. The van der Waals surface area contributed by atoms with Gasteiger partial charge in [-0.1, -0.05) is 48.9 Å². The monoisotopic (exact) mass is 329 g/mol. The zero-order chi connectivity index (χ0) is 16.4. The average Bonchev–Trinajstić information content (AvgIpc) is 2.89. The van der Waals surface area contributed by atoms with Gasteiger partial charge in [0.05, 0.1) is 5.02 Å². The minimum atomic E-state index is -0.538. The number of carbonyl (C=O) groups excluding carboxylic acids is 1. The van der Waals surface area contributed by atoms with E-state index in [2.05, 4.69) is 13.0 Å². The first-order valence-corrected chi connectivity index (χ1v) is 8.31. The van der Waals surface area contributed by atoms with E-state index in [4.69, 9.17) is 16.3 Å². The van der Waals surface area contributed by atoms with Gasteiger partial charge >= 0.3 is 0 Å². The van der Waals surface area contributed by atoms with Crippen molar-refractivity contribution in [2.24, 2.45) is 0 Å². The fourth-order valence-corrected chi connectivity index (χ4v) is 3.24. The number of ether oxygens (including phenoxy) is 1. The molecule has 0 bridgehead atoms. The molecule has 3 rings (SSSR count). The van der Waals surface area contributed by atoms with E-state index in [1.165, 1.54) is 5.56 Å². The van der Waals surface area contributed by atoms with Gasteiger partial charge in [-0.25, -0.2) is 0 Å². The third-order valence-corrected chi connectivity index (χ3v) is 4.51. The summed E-state index contributed by atoms with van der Waals surface area (Å²) >= 11 is 6.15. The van der Waals surface area contributed by atoms with Crippen molar-refractivity contribution in [1.29, 1.82) is 0 Å². The quantitative estimate of drug-likeness (QED) is 0.828. The molecule has 0 aromatic heterocycles. The van der Waals surface area contributed by atoms with Crippen LogP contribution < -0.4 is 9.64 Å². The number of para-hydroxylation sites is 2. The van der Waals surface area contributed by atoms with Crippen LogP contribution in [0.1, 0.15) is 25.8 Å². The van der Waals surface area contributed by atoms with Crippen LogP contribution in [0.2, 0.25) is 5.02 Å². The molecule has 0 saturated carbocycles. The molecule has 1 amide bonds. The summed E-state index contributed by atoms with van der Waals surface area (Å²) in [5.74, 6) is 0.541. The van der Waals surface area contributed by atoms with Gasteiger partial charge in [-0.15, -0.1) is 0 Å². The van der Waals surface area contributed by atoms with Crippen molar-refractivity contribution < 1.29 is 9.53 Å². The Morgan fingerprint density at radius 2 is 1.96 bits per heavy atom. The highest BCUT2D eigenvalue weighted by atomic mass is 35.5. The number of halogens is 1. The zero-order valence-electron chi connectivity index (χ0n) is 13.3. The van der Waals surface area contributed by atoms with Crippen molar-refractivity contribution in [1.82, 2.24) is 0 Å². The van der Waals surface area contributed by atoms with Crippen molar-refractivity contribution in [3.63, 3.8) is 0 Å². The molecule has 2 aromatic rings. The van der Waals surface area contributed by atoms with Crippen LogP contribution in [0, 0.1) is 0 Å². The molecule has 0 N–H and O–H groups in total. The molecule has 1 aliphatic heterocycles. The van der Waals surface area contributed by atoms with Crippen LogP contribution >= 0.6 is 11.6 Å². The van der Waals surface area contributed by atoms with E-state index in [0.29, 0.717) is 17.2 Å². The molecule has 0 spiro atoms. The van der Waals surface area contributed by atoms with Crippen molar-refractivity contribution in [2.75, 3.05) is 4.90 Å². The van der Waals surface area contributed by atoms with Crippen LogP contribution in [0.5, 0.6) is 5.75 Å². The number of hydrogen-bond donors (Lipinski definition) is 0. The molecule has 4 heteroatoms. The standard InChI is InChI=1S/C19H20ClNO2/c1-3-17(23-18-11-7-5-9-15(18)20)19(22)21-13(2)12-14-8-4-6-10-16(14)21/h4-11,13,17H,3,12H2,1-2H3/t13-,17-/m0/s1. The van der Waals surface area contributed by atoms with E-state index < -0.39 is 6.10 Å². The first-order valence-electron chi connectivity index (χ1n) is 7.94. The maximum Gasteiger partial charge on any atom is 0.268 e. The lowest BCUT2D eigenvalue weighted by atomic mass is 10.1. The summed E-state index contributed by atoms with van der Waals surface area (Å²) < 4.78 is 5.91. The third-order valence-electron chi connectivity index (χ3n) is 4.20. The molecule has 0 aliphatic carbocycles. The van der Waals surface area contributed by atoms with E-state index in [1.54, 1.807) is 12.1 Å². The minimum absolute atomic E-state index is 0.00938.